The van der Waals surface area contributed by atoms with Gasteiger partial charge < -0.3 is 11.5 Å². The highest BCUT2D eigenvalue weighted by molar-refractivity contribution is 5.92. The first-order valence-electron chi connectivity index (χ1n) is 5.29. The predicted molar refractivity (Wildman–Crippen MR) is 64.2 cm³/mol. The van der Waals surface area contributed by atoms with Crippen molar-refractivity contribution in [1.82, 2.24) is 9.78 Å². The molecule has 2 rings (SSSR count). The standard InChI is InChI=1S/C12H14N4O/c13-5-9-2-1-3-10(4-9)7-16-8-11(6-15-16)12(14)17/h1-4,6,8H,5,7,13H2,(H2,14,17). The molecule has 0 radical (unpaired) electrons. The summed E-state index contributed by atoms with van der Waals surface area (Å²) >= 11 is 0. The molecule has 1 amide bonds. The Labute approximate surface area is 99.0 Å². The summed E-state index contributed by atoms with van der Waals surface area (Å²) in [6, 6.07) is 7.94. The van der Waals surface area contributed by atoms with Crippen molar-refractivity contribution in [2.24, 2.45) is 11.5 Å². The first-order valence-corrected chi connectivity index (χ1v) is 5.29. The molecule has 5 nitrogen and oxygen atoms in total. The molecule has 5 heteroatoms. The van der Waals surface area contributed by atoms with Crippen LogP contribution in [0.15, 0.2) is 36.7 Å². The summed E-state index contributed by atoms with van der Waals surface area (Å²) in [5.74, 6) is -0.466. The molecule has 0 aliphatic rings. The van der Waals surface area contributed by atoms with Crippen LogP contribution in [0, 0.1) is 0 Å². The van der Waals surface area contributed by atoms with Gasteiger partial charge in [-0.15, -0.1) is 0 Å². The average molecular weight is 230 g/mol. The molecule has 88 valence electrons. The summed E-state index contributed by atoms with van der Waals surface area (Å²) in [5, 5.41) is 4.07. The van der Waals surface area contributed by atoms with E-state index in [0.717, 1.165) is 11.1 Å². The van der Waals surface area contributed by atoms with E-state index in [1.807, 2.05) is 24.3 Å². The zero-order chi connectivity index (χ0) is 12.3. The Morgan fingerprint density at radius 1 is 1.35 bits per heavy atom. The van der Waals surface area contributed by atoms with Gasteiger partial charge in [-0.2, -0.15) is 5.10 Å². The second kappa shape index (κ2) is 4.80. The number of nitrogens with two attached hydrogens (primary N) is 2. The third kappa shape index (κ3) is 2.70. The minimum Gasteiger partial charge on any atom is -0.366 e. The SMILES string of the molecule is NCc1cccc(Cn2cc(C(N)=O)cn2)c1. The van der Waals surface area contributed by atoms with E-state index in [1.54, 1.807) is 10.9 Å². The van der Waals surface area contributed by atoms with E-state index in [-0.39, 0.29) is 0 Å². The van der Waals surface area contributed by atoms with Crippen LogP contribution in [0.5, 0.6) is 0 Å². The number of benzene rings is 1. The molecule has 17 heavy (non-hydrogen) atoms. The lowest BCUT2D eigenvalue weighted by Gasteiger charge is -2.03. The third-order valence-corrected chi connectivity index (χ3v) is 2.49. The van der Waals surface area contributed by atoms with E-state index in [0.29, 0.717) is 18.7 Å². The highest BCUT2D eigenvalue weighted by Crippen LogP contribution is 2.07. The molecule has 0 saturated heterocycles. The molecule has 0 saturated carbocycles. The van der Waals surface area contributed by atoms with E-state index in [4.69, 9.17) is 11.5 Å². The third-order valence-electron chi connectivity index (χ3n) is 2.49. The molecule has 4 N–H and O–H groups in total. The Bertz CT molecular complexity index is 533. The van der Waals surface area contributed by atoms with Crippen molar-refractivity contribution in [3.63, 3.8) is 0 Å². The monoisotopic (exact) mass is 230 g/mol. The number of rotatable bonds is 4. The van der Waals surface area contributed by atoms with Crippen LogP contribution < -0.4 is 11.5 Å². The summed E-state index contributed by atoms with van der Waals surface area (Å²) in [7, 11) is 0. The lowest BCUT2D eigenvalue weighted by molar-refractivity contribution is 0.1000. The highest BCUT2D eigenvalue weighted by atomic mass is 16.1. The Morgan fingerprint density at radius 2 is 2.12 bits per heavy atom. The van der Waals surface area contributed by atoms with E-state index in [1.165, 1.54) is 6.20 Å². The summed E-state index contributed by atoms with van der Waals surface area (Å²) in [6.45, 7) is 1.11. The molecule has 1 heterocycles. The van der Waals surface area contributed by atoms with Gasteiger partial charge in [-0.25, -0.2) is 0 Å². The molecule has 0 bridgehead atoms. The number of hydrogen-bond donors (Lipinski definition) is 2. The number of amides is 1. The number of primary amides is 1. The zero-order valence-corrected chi connectivity index (χ0v) is 9.34. The maximum atomic E-state index is 10.9. The van der Waals surface area contributed by atoms with Crippen LogP contribution in [0.1, 0.15) is 21.5 Å². The summed E-state index contributed by atoms with van der Waals surface area (Å²) in [6.07, 6.45) is 3.10. The van der Waals surface area contributed by atoms with Crippen molar-refractivity contribution in [2.75, 3.05) is 0 Å². The van der Waals surface area contributed by atoms with Crippen LogP contribution in [0.4, 0.5) is 0 Å². The molecule has 2 aromatic rings. The van der Waals surface area contributed by atoms with Crippen molar-refractivity contribution in [3.05, 3.63) is 53.3 Å². The Hall–Kier alpha value is -2.14. The van der Waals surface area contributed by atoms with Crippen molar-refractivity contribution in [2.45, 2.75) is 13.1 Å². The fourth-order valence-electron chi connectivity index (χ4n) is 1.62. The van der Waals surface area contributed by atoms with Gasteiger partial charge in [-0.1, -0.05) is 24.3 Å². The van der Waals surface area contributed by atoms with E-state index < -0.39 is 5.91 Å². The second-order valence-electron chi connectivity index (χ2n) is 3.81. The molecule has 1 aromatic carbocycles. The van der Waals surface area contributed by atoms with Gasteiger partial charge in [0, 0.05) is 12.7 Å². The average Bonchev–Trinajstić information content (AvgIpc) is 2.78. The summed E-state index contributed by atoms with van der Waals surface area (Å²) in [5.41, 5.74) is 13.3. The quantitative estimate of drug-likeness (QED) is 0.801. The largest absolute Gasteiger partial charge is 0.366 e. The summed E-state index contributed by atoms with van der Waals surface area (Å²) in [4.78, 5) is 10.9. The molecule has 1 aromatic heterocycles. The van der Waals surface area contributed by atoms with Gasteiger partial charge in [0.05, 0.1) is 18.3 Å². The Balaban J connectivity index is 2.16. The summed E-state index contributed by atoms with van der Waals surface area (Å²) < 4.78 is 1.68. The molecule has 0 unspecified atom stereocenters. The maximum absolute atomic E-state index is 10.9. The topological polar surface area (TPSA) is 86.9 Å². The Morgan fingerprint density at radius 3 is 2.76 bits per heavy atom. The van der Waals surface area contributed by atoms with Crippen LogP contribution in [0.25, 0.3) is 0 Å². The molecule has 0 aliphatic carbocycles. The molecule has 0 spiro atoms. The van der Waals surface area contributed by atoms with Crippen LogP contribution in [0.3, 0.4) is 0 Å². The number of aromatic nitrogens is 2. The predicted octanol–water partition coefficient (Wildman–Crippen LogP) is 0.489. The number of nitrogens with zero attached hydrogens (tertiary/aromatic N) is 2. The molecular formula is C12H14N4O. The fraction of sp³-hybridized carbons (Fsp3) is 0.167. The minimum atomic E-state index is -0.466. The van der Waals surface area contributed by atoms with E-state index in [2.05, 4.69) is 5.10 Å². The number of carbonyl (C=O) groups excluding carboxylic acids is 1. The minimum absolute atomic E-state index is 0.417. The van der Waals surface area contributed by atoms with Crippen LogP contribution >= 0.6 is 0 Å². The number of hydrogen-bond acceptors (Lipinski definition) is 3. The molecule has 0 aliphatic heterocycles. The van der Waals surface area contributed by atoms with Gasteiger partial charge >= 0.3 is 0 Å². The van der Waals surface area contributed by atoms with Crippen molar-refractivity contribution in [1.29, 1.82) is 0 Å². The lowest BCUT2D eigenvalue weighted by Crippen LogP contribution is -2.09. The lowest BCUT2D eigenvalue weighted by atomic mass is 10.1. The second-order valence-corrected chi connectivity index (χ2v) is 3.81. The maximum Gasteiger partial charge on any atom is 0.251 e. The fourth-order valence-corrected chi connectivity index (χ4v) is 1.62. The molecule has 0 fully saturated rings. The van der Waals surface area contributed by atoms with E-state index in [9.17, 15) is 4.79 Å². The highest BCUT2D eigenvalue weighted by Gasteiger charge is 2.04. The van der Waals surface area contributed by atoms with Crippen molar-refractivity contribution >= 4 is 5.91 Å². The van der Waals surface area contributed by atoms with Gasteiger partial charge in [0.15, 0.2) is 0 Å². The first-order chi connectivity index (χ1) is 8.19. The number of carbonyl (C=O) groups is 1. The first kappa shape index (κ1) is 11.3. The van der Waals surface area contributed by atoms with Gasteiger partial charge in [-0.3, -0.25) is 9.48 Å². The van der Waals surface area contributed by atoms with Crippen molar-refractivity contribution in [3.8, 4) is 0 Å². The van der Waals surface area contributed by atoms with Gasteiger partial charge in [-0.05, 0) is 11.1 Å². The normalized spacial score (nSPS) is 10.4. The zero-order valence-electron chi connectivity index (χ0n) is 9.34. The van der Waals surface area contributed by atoms with E-state index >= 15 is 0 Å². The molecule has 0 atom stereocenters. The van der Waals surface area contributed by atoms with Crippen LogP contribution in [0.2, 0.25) is 0 Å². The van der Waals surface area contributed by atoms with Gasteiger partial charge in [0.2, 0.25) is 0 Å². The van der Waals surface area contributed by atoms with Gasteiger partial charge in [0.25, 0.3) is 5.91 Å². The van der Waals surface area contributed by atoms with Crippen molar-refractivity contribution < 1.29 is 4.79 Å². The molecular weight excluding hydrogens is 216 g/mol. The van der Waals surface area contributed by atoms with Crippen LogP contribution in [-0.4, -0.2) is 15.7 Å². The van der Waals surface area contributed by atoms with Gasteiger partial charge in [0.1, 0.15) is 0 Å². The Kier molecular flexibility index (Phi) is 3.20. The smallest absolute Gasteiger partial charge is 0.251 e. The van der Waals surface area contributed by atoms with Crippen LogP contribution in [-0.2, 0) is 13.1 Å².